The predicted molar refractivity (Wildman–Crippen MR) is 72.5 cm³/mol. The highest BCUT2D eigenvalue weighted by atomic mass is 79.9. The van der Waals surface area contributed by atoms with E-state index in [1.54, 1.807) is 6.07 Å². The van der Waals surface area contributed by atoms with Crippen LogP contribution in [0.25, 0.3) is 0 Å². The van der Waals surface area contributed by atoms with E-state index >= 15 is 0 Å². The summed E-state index contributed by atoms with van der Waals surface area (Å²) in [6, 6.07) is 3.58. The van der Waals surface area contributed by atoms with Gasteiger partial charge >= 0.3 is 5.97 Å². The van der Waals surface area contributed by atoms with Gasteiger partial charge in [0.1, 0.15) is 16.7 Å². The number of methoxy groups -OCH3 is 2. The molecule has 0 aliphatic rings. The lowest BCUT2D eigenvalue weighted by Crippen LogP contribution is -2.39. The van der Waals surface area contributed by atoms with Gasteiger partial charge in [-0.15, -0.1) is 0 Å². The highest BCUT2D eigenvalue weighted by Gasteiger charge is 2.25. The van der Waals surface area contributed by atoms with Gasteiger partial charge in [0.25, 0.3) is 0 Å². The third-order valence-electron chi connectivity index (χ3n) is 2.30. The quantitative estimate of drug-likeness (QED) is 0.808. The van der Waals surface area contributed by atoms with E-state index in [4.69, 9.17) is 4.74 Å². The molecule has 1 N–H and O–H groups in total. The van der Waals surface area contributed by atoms with Gasteiger partial charge in [0.05, 0.1) is 14.2 Å². The third-order valence-corrected chi connectivity index (χ3v) is 4.36. The van der Waals surface area contributed by atoms with Gasteiger partial charge in [-0.3, -0.25) is 4.79 Å². The molecule has 1 atom stereocenters. The topological polar surface area (TPSA) is 81.7 Å². The summed E-state index contributed by atoms with van der Waals surface area (Å²) in [6.07, 6.45) is 0. The summed E-state index contributed by atoms with van der Waals surface area (Å²) in [4.78, 5) is 11.2. The lowest BCUT2D eigenvalue weighted by molar-refractivity contribution is -0.142. The SMILES string of the molecule is COC(=O)C(C)NS(=O)(=O)c1cc(Br)ccc1OC. The fraction of sp³-hybridized carbons (Fsp3) is 0.364. The van der Waals surface area contributed by atoms with E-state index in [0.717, 1.165) is 0 Å². The van der Waals surface area contributed by atoms with E-state index in [-0.39, 0.29) is 10.6 Å². The highest BCUT2D eigenvalue weighted by Crippen LogP contribution is 2.27. The Labute approximate surface area is 120 Å². The van der Waals surface area contributed by atoms with Crippen molar-refractivity contribution in [3.63, 3.8) is 0 Å². The molecule has 0 saturated carbocycles. The first kappa shape index (κ1) is 15.9. The van der Waals surface area contributed by atoms with Gasteiger partial charge < -0.3 is 9.47 Å². The molecule has 0 fully saturated rings. The van der Waals surface area contributed by atoms with Gasteiger partial charge in [-0.25, -0.2) is 8.42 Å². The molecule has 0 heterocycles. The summed E-state index contributed by atoms with van der Waals surface area (Å²) in [5, 5.41) is 0. The number of sulfonamides is 1. The molecule has 0 amide bonds. The molecule has 0 saturated heterocycles. The van der Waals surface area contributed by atoms with Crippen LogP contribution in [-0.2, 0) is 19.6 Å². The number of halogens is 1. The molecular weight excluding hydrogens is 338 g/mol. The number of carbonyl (C=O) groups is 1. The monoisotopic (exact) mass is 351 g/mol. The lowest BCUT2D eigenvalue weighted by Gasteiger charge is -2.14. The molecular formula is C11H14BrNO5S. The van der Waals surface area contributed by atoms with E-state index in [2.05, 4.69) is 25.4 Å². The van der Waals surface area contributed by atoms with Crippen LogP contribution in [0.3, 0.4) is 0 Å². The summed E-state index contributed by atoms with van der Waals surface area (Å²) in [5.41, 5.74) is 0. The van der Waals surface area contributed by atoms with Crippen molar-refractivity contribution in [1.29, 1.82) is 0 Å². The maximum Gasteiger partial charge on any atom is 0.323 e. The minimum Gasteiger partial charge on any atom is -0.495 e. The van der Waals surface area contributed by atoms with E-state index in [1.165, 1.54) is 33.3 Å². The van der Waals surface area contributed by atoms with Crippen LogP contribution in [0, 0.1) is 0 Å². The number of nitrogens with one attached hydrogen (secondary N) is 1. The number of hydrogen-bond acceptors (Lipinski definition) is 5. The zero-order valence-electron chi connectivity index (χ0n) is 10.6. The van der Waals surface area contributed by atoms with Gasteiger partial charge in [-0.05, 0) is 25.1 Å². The molecule has 0 radical (unpaired) electrons. The van der Waals surface area contributed by atoms with Crippen LogP contribution in [0.15, 0.2) is 27.6 Å². The average molecular weight is 352 g/mol. The van der Waals surface area contributed by atoms with Crippen molar-refractivity contribution in [2.45, 2.75) is 17.9 Å². The highest BCUT2D eigenvalue weighted by molar-refractivity contribution is 9.10. The number of ether oxygens (including phenoxy) is 2. The second-order valence-electron chi connectivity index (χ2n) is 3.66. The second kappa shape index (κ2) is 6.36. The van der Waals surface area contributed by atoms with E-state index < -0.39 is 22.0 Å². The molecule has 1 aromatic rings. The molecule has 6 nitrogen and oxygen atoms in total. The molecule has 0 aliphatic heterocycles. The molecule has 1 rings (SSSR count). The Kier molecular flexibility index (Phi) is 5.33. The van der Waals surface area contributed by atoms with Crippen LogP contribution in [-0.4, -0.2) is 34.6 Å². The molecule has 1 aromatic carbocycles. The van der Waals surface area contributed by atoms with Crippen molar-refractivity contribution >= 4 is 31.9 Å². The van der Waals surface area contributed by atoms with Gasteiger partial charge in [0, 0.05) is 4.47 Å². The summed E-state index contributed by atoms with van der Waals surface area (Å²) < 4.78 is 36.6. The Morgan fingerprint density at radius 1 is 1.37 bits per heavy atom. The maximum absolute atomic E-state index is 12.2. The van der Waals surface area contributed by atoms with Crippen molar-refractivity contribution in [3.8, 4) is 5.75 Å². The Morgan fingerprint density at radius 3 is 2.53 bits per heavy atom. The van der Waals surface area contributed by atoms with Crippen LogP contribution in [0.1, 0.15) is 6.92 Å². The summed E-state index contributed by atoms with van der Waals surface area (Å²) in [7, 11) is -1.33. The zero-order chi connectivity index (χ0) is 14.6. The van der Waals surface area contributed by atoms with E-state index in [9.17, 15) is 13.2 Å². The van der Waals surface area contributed by atoms with Crippen molar-refractivity contribution in [2.24, 2.45) is 0 Å². The van der Waals surface area contributed by atoms with Gasteiger partial charge in [-0.1, -0.05) is 15.9 Å². The normalized spacial score (nSPS) is 12.8. The fourth-order valence-electron chi connectivity index (χ4n) is 1.38. The lowest BCUT2D eigenvalue weighted by atomic mass is 10.3. The number of esters is 1. The molecule has 106 valence electrons. The maximum atomic E-state index is 12.2. The molecule has 0 aromatic heterocycles. The summed E-state index contributed by atoms with van der Waals surface area (Å²) >= 11 is 3.19. The predicted octanol–water partition coefficient (Wildman–Crippen LogP) is 1.30. The smallest absolute Gasteiger partial charge is 0.323 e. The largest absolute Gasteiger partial charge is 0.495 e. The van der Waals surface area contributed by atoms with Crippen LogP contribution < -0.4 is 9.46 Å². The molecule has 8 heteroatoms. The first-order valence-electron chi connectivity index (χ1n) is 5.25. The van der Waals surface area contributed by atoms with Gasteiger partial charge in [0.2, 0.25) is 10.0 Å². The van der Waals surface area contributed by atoms with Crippen LogP contribution >= 0.6 is 15.9 Å². The minimum atomic E-state index is -3.89. The molecule has 0 aliphatic carbocycles. The number of rotatable bonds is 5. The Hall–Kier alpha value is -1.12. The van der Waals surface area contributed by atoms with Crippen LogP contribution in [0.4, 0.5) is 0 Å². The second-order valence-corrected chi connectivity index (χ2v) is 6.26. The number of carbonyl (C=O) groups excluding carboxylic acids is 1. The number of hydrogen-bond donors (Lipinski definition) is 1. The minimum absolute atomic E-state index is 0.0554. The summed E-state index contributed by atoms with van der Waals surface area (Å²) in [5.74, 6) is -0.481. The first-order chi connectivity index (χ1) is 8.81. The van der Waals surface area contributed by atoms with E-state index in [0.29, 0.717) is 4.47 Å². The Balaban J connectivity index is 3.13. The zero-order valence-corrected chi connectivity index (χ0v) is 13.0. The third kappa shape index (κ3) is 3.92. The van der Waals surface area contributed by atoms with Gasteiger partial charge in [-0.2, -0.15) is 4.72 Å². The van der Waals surface area contributed by atoms with Crippen molar-refractivity contribution in [2.75, 3.05) is 14.2 Å². The molecule has 19 heavy (non-hydrogen) atoms. The fourth-order valence-corrected chi connectivity index (χ4v) is 3.28. The van der Waals surface area contributed by atoms with Crippen LogP contribution in [0.2, 0.25) is 0 Å². The molecule has 1 unspecified atom stereocenters. The van der Waals surface area contributed by atoms with Gasteiger partial charge in [0.15, 0.2) is 0 Å². The standard InChI is InChI=1S/C11H14BrNO5S/c1-7(11(14)18-3)13-19(15,16)10-6-8(12)4-5-9(10)17-2/h4-7,13H,1-3H3. The van der Waals surface area contributed by atoms with Crippen molar-refractivity contribution < 1.29 is 22.7 Å². The van der Waals surface area contributed by atoms with Crippen molar-refractivity contribution in [1.82, 2.24) is 4.72 Å². The molecule has 0 spiro atoms. The Bertz CT molecular complexity index is 572. The number of benzene rings is 1. The van der Waals surface area contributed by atoms with Crippen molar-refractivity contribution in [3.05, 3.63) is 22.7 Å². The average Bonchev–Trinajstić information content (AvgIpc) is 2.37. The Morgan fingerprint density at radius 2 is 2.00 bits per heavy atom. The van der Waals surface area contributed by atoms with Crippen LogP contribution in [0.5, 0.6) is 5.75 Å². The van der Waals surface area contributed by atoms with E-state index in [1.807, 2.05) is 0 Å². The first-order valence-corrected chi connectivity index (χ1v) is 7.53. The molecule has 0 bridgehead atoms. The summed E-state index contributed by atoms with van der Waals surface area (Å²) in [6.45, 7) is 1.40.